The van der Waals surface area contributed by atoms with Crippen LogP contribution in [0.1, 0.15) is 0 Å². The molecule has 8 heteroatoms. The van der Waals surface area contributed by atoms with Gasteiger partial charge in [0.15, 0.2) is 0 Å². The Morgan fingerprint density at radius 2 is 2.12 bits per heavy atom. The van der Waals surface area contributed by atoms with Gasteiger partial charge in [-0.25, -0.2) is 9.78 Å². The summed E-state index contributed by atoms with van der Waals surface area (Å²) in [4.78, 5) is 15.6. The first kappa shape index (κ1) is 11.4. The third-order valence-corrected chi connectivity index (χ3v) is 2.43. The first-order chi connectivity index (χ1) is 7.37. The molecule has 0 spiro atoms. The third kappa shape index (κ3) is 2.20. The van der Waals surface area contributed by atoms with Crippen molar-refractivity contribution in [2.45, 2.75) is 12.7 Å². The molecule has 0 unspecified atom stereocenters. The molecule has 0 N–H and O–H groups in total. The molecule has 0 aliphatic carbocycles. The summed E-state index contributed by atoms with van der Waals surface area (Å²) in [6.45, 7) is -1.30. The number of alkyl halides is 3. The minimum Gasteiger partial charge on any atom is -0.291 e. The maximum absolute atomic E-state index is 12.1. The highest BCUT2D eigenvalue weighted by Gasteiger charge is 2.28. The molecule has 4 nitrogen and oxygen atoms in total. The minimum atomic E-state index is -4.41. The monoisotopic (exact) mass is 343 g/mol. The number of imidazole rings is 1. The van der Waals surface area contributed by atoms with Gasteiger partial charge in [-0.15, -0.1) is 0 Å². The number of nitrogens with zero attached hydrogens (tertiary/aromatic N) is 3. The molecule has 0 saturated heterocycles. The van der Waals surface area contributed by atoms with Crippen LogP contribution in [-0.4, -0.2) is 20.1 Å². The summed E-state index contributed by atoms with van der Waals surface area (Å²) in [7, 11) is 0. The van der Waals surface area contributed by atoms with E-state index in [1.807, 2.05) is 22.6 Å². The van der Waals surface area contributed by atoms with Gasteiger partial charge >= 0.3 is 11.9 Å². The van der Waals surface area contributed by atoms with Gasteiger partial charge < -0.3 is 0 Å². The van der Waals surface area contributed by atoms with Crippen molar-refractivity contribution < 1.29 is 13.2 Å². The van der Waals surface area contributed by atoms with Gasteiger partial charge in [0.2, 0.25) is 0 Å². The van der Waals surface area contributed by atoms with Crippen LogP contribution in [0.4, 0.5) is 13.2 Å². The van der Waals surface area contributed by atoms with Crippen LogP contribution in [-0.2, 0) is 6.54 Å². The molecule has 2 aromatic rings. The Balaban J connectivity index is 2.56. The first-order valence-corrected chi connectivity index (χ1v) is 5.25. The average molecular weight is 343 g/mol. The van der Waals surface area contributed by atoms with E-state index < -0.39 is 18.4 Å². The normalized spacial score (nSPS) is 12.2. The Morgan fingerprint density at radius 1 is 1.44 bits per heavy atom. The highest BCUT2D eigenvalue weighted by molar-refractivity contribution is 14.1. The number of rotatable bonds is 1. The van der Waals surface area contributed by atoms with E-state index in [9.17, 15) is 18.0 Å². The van der Waals surface area contributed by atoms with Crippen LogP contribution in [0, 0.1) is 3.70 Å². The van der Waals surface area contributed by atoms with Crippen LogP contribution >= 0.6 is 22.6 Å². The molecule has 0 fully saturated rings. The Bertz CT molecular complexity index is 586. The Hall–Kier alpha value is -1.06. The zero-order valence-electron chi connectivity index (χ0n) is 7.70. The van der Waals surface area contributed by atoms with Gasteiger partial charge in [0, 0.05) is 12.4 Å². The van der Waals surface area contributed by atoms with Gasteiger partial charge in [-0.1, -0.05) is 0 Å². The second-order valence-corrected chi connectivity index (χ2v) is 4.24. The third-order valence-electron chi connectivity index (χ3n) is 1.91. The standard InChI is InChI=1S/C8H5F3IN3O/c9-8(10,11)4-14-2-1-6-13-5(12)3-15(6)7(14)16/h1-3H,4H2. The maximum Gasteiger partial charge on any atom is 0.406 e. The summed E-state index contributed by atoms with van der Waals surface area (Å²) in [6.07, 6.45) is -1.93. The van der Waals surface area contributed by atoms with Crippen molar-refractivity contribution in [1.82, 2.24) is 14.0 Å². The molecular formula is C8H5F3IN3O. The van der Waals surface area contributed by atoms with E-state index in [0.29, 0.717) is 13.9 Å². The predicted octanol–water partition coefficient (Wildman–Crippen LogP) is 1.66. The molecule has 0 atom stereocenters. The van der Waals surface area contributed by atoms with Crippen LogP contribution in [0.15, 0.2) is 23.3 Å². The number of fused-ring (bicyclic) bond motifs is 1. The van der Waals surface area contributed by atoms with E-state index in [-0.39, 0.29) is 0 Å². The topological polar surface area (TPSA) is 39.3 Å². The Morgan fingerprint density at radius 3 is 2.75 bits per heavy atom. The SMILES string of the molecule is O=c1n(CC(F)(F)F)ccc2nc(I)cn12. The highest BCUT2D eigenvalue weighted by Crippen LogP contribution is 2.16. The molecule has 16 heavy (non-hydrogen) atoms. The van der Waals surface area contributed by atoms with Crippen molar-refractivity contribution in [2.24, 2.45) is 0 Å². The average Bonchev–Trinajstić information content (AvgIpc) is 2.50. The van der Waals surface area contributed by atoms with Crippen LogP contribution in [0.25, 0.3) is 5.65 Å². The van der Waals surface area contributed by atoms with E-state index in [1.54, 1.807) is 0 Å². The lowest BCUT2D eigenvalue weighted by Gasteiger charge is -2.08. The number of hydrogen-bond acceptors (Lipinski definition) is 2. The summed E-state index contributed by atoms with van der Waals surface area (Å²) >= 11 is 1.89. The fraction of sp³-hybridized carbons (Fsp3) is 0.250. The highest BCUT2D eigenvalue weighted by atomic mass is 127. The lowest BCUT2D eigenvalue weighted by molar-refractivity contribution is -0.141. The molecule has 0 amide bonds. The Kier molecular flexibility index (Phi) is 2.68. The van der Waals surface area contributed by atoms with Gasteiger partial charge in [0.25, 0.3) is 0 Å². The molecule has 2 aromatic heterocycles. The van der Waals surface area contributed by atoms with Crippen molar-refractivity contribution in [3.05, 3.63) is 32.6 Å². The van der Waals surface area contributed by atoms with Crippen molar-refractivity contribution in [1.29, 1.82) is 0 Å². The van der Waals surface area contributed by atoms with Gasteiger partial charge in [0.05, 0.1) is 0 Å². The minimum absolute atomic E-state index is 0.341. The van der Waals surface area contributed by atoms with E-state index in [0.717, 1.165) is 10.6 Å². The van der Waals surface area contributed by atoms with Crippen molar-refractivity contribution in [3.63, 3.8) is 0 Å². The predicted molar refractivity (Wildman–Crippen MR) is 58.2 cm³/mol. The van der Waals surface area contributed by atoms with Crippen LogP contribution in [0.5, 0.6) is 0 Å². The zero-order valence-corrected chi connectivity index (χ0v) is 9.86. The fourth-order valence-electron chi connectivity index (χ4n) is 1.31. The molecule has 0 aromatic carbocycles. The van der Waals surface area contributed by atoms with Crippen molar-refractivity contribution in [3.8, 4) is 0 Å². The molecule has 0 saturated carbocycles. The number of aromatic nitrogens is 3. The molecule has 0 radical (unpaired) electrons. The zero-order chi connectivity index (χ0) is 11.9. The van der Waals surface area contributed by atoms with Crippen LogP contribution in [0.3, 0.4) is 0 Å². The molecular weight excluding hydrogens is 338 g/mol. The molecule has 2 rings (SSSR count). The van der Waals surface area contributed by atoms with E-state index >= 15 is 0 Å². The lowest BCUT2D eigenvalue weighted by atomic mass is 10.5. The summed E-state index contributed by atoms with van der Waals surface area (Å²) in [5.41, 5.74) is -0.405. The maximum atomic E-state index is 12.1. The largest absolute Gasteiger partial charge is 0.406 e. The van der Waals surface area contributed by atoms with Gasteiger partial charge in [-0.3, -0.25) is 8.97 Å². The summed E-state index contributed by atoms with van der Waals surface area (Å²) in [5.74, 6) is 0. The fourth-order valence-corrected chi connectivity index (χ4v) is 1.83. The van der Waals surface area contributed by atoms with E-state index in [4.69, 9.17) is 0 Å². The molecule has 86 valence electrons. The van der Waals surface area contributed by atoms with E-state index in [2.05, 4.69) is 4.98 Å². The van der Waals surface area contributed by atoms with Crippen molar-refractivity contribution >= 4 is 28.2 Å². The summed E-state index contributed by atoms with van der Waals surface area (Å²) < 4.78 is 38.7. The van der Waals surface area contributed by atoms with Crippen molar-refractivity contribution in [2.75, 3.05) is 0 Å². The van der Waals surface area contributed by atoms with Gasteiger partial charge in [0.1, 0.15) is 15.9 Å². The Labute approximate surface area is 101 Å². The van der Waals surface area contributed by atoms with Crippen LogP contribution < -0.4 is 5.69 Å². The second-order valence-electron chi connectivity index (χ2n) is 3.13. The molecule has 0 aliphatic heterocycles. The first-order valence-electron chi connectivity index (χ1n) is 4.17. The molecule has 2 heterocycles. The summed E-state index contributed by atoms with van der Waals surface area (Å²) in [5, 5.41) is 0. The van der Waals surface area contributed by atoms with Crippen LogP contribution in [0.2, 0.25) is 0 Å². The number of halogens is 4. The smallest absolute Gasteiger partial charge is 0.291 e. The quantitative estimate of drug-likeness (QED) is 0.739. The number of hydrogen-bond donors (Lipinski definition) is 0. The molecule has 0 aliphatic rings. The van der Waals surface area contributed by atoms with E-state index in [1.165, 1.54) is 12.3 Å². The lowest BCUT2D eigenvalue weighted by Crippen LogP contribution is -2.31. The van der Waals surface area contributed by atoms with Gasteiger partial charge in [-0.05, 0) is 28.7 Å². The molecule has 0 bridgehead atoms. The second kappa shape index (κ2) is 3.75. The summed E-state index contributed by atoms with van der Waals surface area (Å²) in [6, 6.07) is 1.37. The van der Waals surface area contributed by atoms with Gasteiger partial charge in [-0.2, -0.15) is 13.2 Å².